The van der Waals surface area contributed by atoms with Crippen molar-refractivity contribution in [2.45, 2.75) is 37.8 Å². The monoisotopic (exact) mass is 423 g/mol. The van der Waals surface area contributed by atoms with Gasteiger partial charge >= 0.3 is 11.8 Å². The number of aromatic nitrogens is 2. The summed E-state index contributed by atoms with van der Waals surface area (Å²) < 4.78 is 46.8. The van der Waals surface area contributed by atoms with Crippen molar-refractivity contribution in [3.8, 4) is 16.9 Å². The zero-order chi connectivity index (χ0) is 20.8. The third-order valence-electron chi connectivity index (χ3n) is 5.43. The first-order valence-corrected chi connectivity index (χ1v) is 10.4. The van der Waals surface area contributed by atoms with E-state index in [4.69, 9.17) is 4.74 Å². The Hall–Kier alpha value is -2.35. The Labute approximate surface area is 170 Å². The van der Waals surface area contributed by atoms with Crippen molar-refractivity contribution in [2.24, 2.45) is 5.41 Å². The molecule has 29 heavy (non-hydrogen) atoms. The molecule has 4 nitrogen and oxygen atoms in total. The Morgan fingerprint density at radius 2 is 1.97 bits per heavy atom. The van der Waals surface area contributed by atoms with Gasteiger partial charge in [0.25, 0.3) is 0 Å². The number of hydrogen-bond acceptors (Lipinski definition) is 3. The molecule has 1 aliphatic rings. The van der Waals surface area contributed by atoms with Gasteiger partial charge in [0, 0.05) is 22.9 Å². The number of aryl methyl sites for hydroxylation is 1. The van der Waals surface area contributed by atoms with Crippen LogP contribution in [-0.2, 0) is 0 Å². The lowest BCUT2D eigenvalue weighted by Crippen LogP contribution is -2.34. The molecule has 1 saturated carbocycles. The van der Waals surface area contributed by atoms with Gasteiger partial charge < -0.3 is 9.94 Å². The van der Waals surface area contributed by atoms with Crippen LogP contribution in [0.15, 0.2) is 41.4 Å². The normalized spacial score (nSPS) is 15.6. The molecular weight excluding hydrogens is 401 g/mol. The SMILES string of the molecule is CCSc1ccc(OCC2(C(F)(F)F)CC2)c(-c2cc(C)[n+](O)c3[nH]ccc23)c1. The Balaban J connectivity index is 1.79. The van der Waals surface area contributed by atoms with E-state index in [1.165, 1.54) is 0 Å². The van der Waals surface area contributed by atoms with Crippen LogP contribution in [-0.4, -0.2) is 28.7 Å². The second kappa shape index (κ2) is 7.16. The minimum absolute atomic E-state index is 0.104. The predicted molar refractivity (Wildman–Crippen MR) is 105 cm³/mol. The van der Waals surface area contributed by atoms with Gasteiger partial charge in [0.2, 0.25) is 0 Å². The summed E-state index contributed by atoms with van der Waals surface area (Å²) in [6.07, 6.45) is -2.33. The standard InChI is InChI=1S/C21H21F3N2O2S/c1-3-29-14-4-5-18(28-12-20(7-8-20)21(22,23)24)17(11-14)16-10-13(2)26(27)19-15(16)6-9-25-19/h4-6,9-11,27H,3,7-8,12H2,1-2H3/p+1. The molecule has 0 bridgehead atoms. The highest BCUT2D eigenvalue weighted by Gasteiger charge is 2.63. The van der Waals surface area contributed by atoms with Crippen molar-refractivity contribution in [1.29, 1.82) is 0 Å². The molecule has 0 atom stereocenters. The van der Waals surface area contributed by atoms with Crippen LogP contribution in [0, 0.1) is 12.3 Å². The first kappa shape index (κ1) is 19.9. The van der Waals surface area contributed by atoms with Crippen LogP contribution < -0.4 is 9.47 Å². The zero-order valence-corrected chi connectivity index (χ0v) is 17.0. The maximum absolute atomic E-state index is 13.3. The number of nitrogens with one attached hydrogen (secondary N) is 1. The van der Waals surface area contributed by atoms with E-state index in [9.17, 15) is 18.4 Å². The molecule has 0 amide bonds. The van der Waals surface area contributed by atoms with E-state index in [0.29, 0.717) is 17.1 Å². The fourth-order valence-corrected chi connectivity index (χ4v) is 4.18. The van der Waals surface area contributed by atoms with Crippen molar-refractivity contribution in [1.82, 2.24) is 4.98 Å². The van der Waals surface area contributed by atoms with E-state index < -0.39 is 11.6 Å². The molecule has 2 heterocycles. The number of aromatic amines is 1. The fourth-order valence-electron chi connectivity index (χ4n) is 3.48. The number of hydrogen-bond donors (Lipinski definition) is 2. The van der Waals surface area contributed by atoms with Gasteiger partial charge in [-0.3, -0.25) is 0 Å². The second-order valence-electron chi connectivity index (χ2n) is 7.41. The molecule has 0 saturated heterocycles. The van der Waals surface area contributed by atoms with Gasteiger partial charge in [-0.15, -0.1) is 11.8 Å². The van der Waals surface area contributed by atoms with Gasteiger partial charge in [0.1, 0.15) is 23.5 Å². The van der Waals surface area contributed by atoms with E-state index in [1.54, 1.807) is 30.9 Å². The first-order valence-electron chi connectivity index (χ1n) is 9.44. The van der Waals surface area contributed by atoms with Crippen LogP contribution in [0.5, 0.6) is 5.75 Å². The lowest BCUT2D eigenvalue weighted by molar-refractivity contribution is -0.889. The molecule has 3 aromatic rings. The third kappa shape index (κ3) is 3.54. The van der Waals surface area contributed by atoms with Crippen molar-refractivity contribution in [2.75, 3.05) is 12.4 Å². The maximum Gasteiger partial charge on any atom is 0.397 e. The zero-order valence-electron chi connectivity index (χ0n) is 16.1. The van der Waals surface area contributed by atoms with Crippen molar-refractivity contribution in [3.63, 3.8) is 0 Å². The van der Waals surface area contributed by atoms with Crippen molar-refractivity contribution in [3.05, 3.63) is 42.2 Å². The highest BCUT2D eigenvalue weighted by molar-refractivity contribution is 7.99. The molecule has 2 N–H and O–H groups in total. The van der Waals surface area contributed by atoms with Crippen LogP contribution in [0.25, 0.3) is 22.2 Å². The number of rotatable bonds is 6. The topological polar surface area (TPSA) is 49.1 Å². The molecule has 0 radical (unpaired) electrons. The number of benzene rings is 1. The smallest absolute Gasteiger partial charge is 0.397 e. The number of ether oxygens (including phenoxy) is 1. The number of halogens is 3. The second-order valence-corrected chi connectivity index (χ2v) is 8.75. The van der Waals surface area contributed by atoms with Crippen LogP contribution in [0.2, 0.25) is 0 Å². The summed E-state index contributed by atoms with van der Waals surface area (Å²) in [6, 6.07) is 9.21. The molecule has 154 valence electrons. The number of pyridine rings is 1. The maximum atomic E-state index is 13.3. The van der Waals surface area contributed by atoms with Gasteiger partial charge in [-0.2, -0.15) is 13.2 Å². The predicted octanol–water partition coefficient (Wildman–Crippen LogP) is 5.50. The lowest BCUT2D eigenvalue weighted by Gasteiger charge is -2.21. The van der Waals surface area contributed by atoms with Crippen LogP contribution >= 0.6 is 11.8 Å². The third-order valence-corrected chi connectivity index (χ3v) is 6.30. The minimum Gasteiger partial charge on any atom is -0.492 e. The highest BCUT2D eigenvalue weighted by atomic mass is 32.2. The van der Waals surface area contributed by atoms with Crippen LogP contribution in [0.3, 0.4) is 0 Å². The molecule has 1 aliphatic carbocycles. The first-order chi connectivity index (χ1) is 13.8. The lowest BCUT2D eigenvalue weighted by atomic mass is 10.0. The fraction of sp³-hybridized carbons (Fsp3) is 0.381. The summed E-state index contributed by atoms with van der Waals surface area (Å²) >= 11 is 1.65. The molecule has 0 unspecified atom stereocenters. The molecular formula is C21H22F3N2O2S+. The van der Waals surface area contributed by atoms with E-state index >= 15 is 0 Å². The minimum atomic E-state index is -4.26. The molecule has 0 aliphatic heterocycles. The largest absolute Gasteiger partial charge is 0.492 e. The number of H-pyrrole nitrogens is 1. The Morgan fingerprint density at radius 1 is 1.21 bits per heavy atom. The number of nitrogens with zero attached hydrogens (tertiary/aromatic N) is 1. The Morgan fingerprint density at radius 3 is 2.62 bits per heavy atom. The summed E-state index contributed by atoms with van der Waals surface area (Å²) in [7, 11) is 0. The van der Waals surface area contributed by atoms with Crippen LogP contribution in [0.4, 0.5) is 13.2 Å². The molecule has 4 rings (SSSR count). The molecule has 1 fully saturated rings. The molecule has 2 aromatic heterocycles. The number of fused-ring (bicyclic) bond motifs is 1. The van der Waals surface area contributed by atoms with E-state index in [0.717, 1.165) is 31.9 Å². The summed E-state index contributed by atoms with van der Waals surface area (Å²) in [5, 5.41) is 11.0. The Kier molecular flexibility index (Phi) is 4.93. The van der Waals surface area contributed by atoms with Crippen molar-refractivity contribution >= 4 is 22.8 Å². The molecule has 0 spiro atoms. The van der Waals surface area contributed by atoms with Gasteiger partial charge in [0.15, 0.2) is 0 Å². The summed E-state index contributed by atoms with van der Waals surface area (Å²) in [4.78, 5) is 4.01. The van der Waals surface area contributed by atoms with Gasteiger partial charge in [-0.05, 0) is 53.7 Å². The van der Waals surface area contributed by atoms with Gasteiger partial charge in [-0.25, -0.2) is 4.98 Å². The quantitative estimate of drug-likeness (QED) is 0.313. The van der Waals surface area contributed by atoms with E-state index in [2.05, 4.69) is 4.98 Å². The summed E-state index contributed by atoms with van der Waals surface area (Å²) in [6.45, 7) is 3.42. The summed E-state index contributed by atoms with van der Waals surface area (Å²) in [5.41, 5.74) is 0.909. The average molecular weight is 423 g/mol. The van der Waals surface area contributed by atoms with Gasteiger partial charge in [0.05, 0.1) is 11.6 Å². The highest BCUT2D eigenvalue weighted by Crippen LogP contribution is 2.57. The Bertz CT molecular complexity index is 1060. The van der Waals surface area contributed by atoms with Gasteiger partial charge in [-0.1, -0.05) is 6.92 Å². The molecule has 1 aromatic carbocycles. The summed E-state index contributed by atoms with van der Waals surface area (Å²) in [5.74, 6) is 1.29. The average Bonchev–Trinajstić information content (AvgIpc) is 3.32. The molecule has 8 heteroatoms. The number of alkyl halides is 3. The van der Waals surface area contributed by atoms with Crippen LogP contribution in [0.1, 0.15) is 25.5 Å². The van der Waals surface area contributed by atoms with E-state index in [1.807, 2.05) is 31.2 Å². The number of thioether (sulfide) groups is 1. The van der Waals surface area contributed by atoms with E-state index in [-0.39, 0.29) is 19.4 Å². The van der Waals surface area contributed by atoms with Crippen molar-refractivity contribution < 1.29 is 27.8 Å².